The van der Waals surface area contributed by atoms with Gasteiger partial charge in [0, 0.05) is 0 Å². The Morgan fingerprint density at radius 3 is 1.77 bits per heavy atom. The van der Waals surface area contributed by atoms with Crippen LogP contribution in [-0.4, -0.2) is 6.61 Å². The average molecular weight is 440 g/mol. The quantitative estimate of drug-likeness (QED) is 0.373. The fourth-order valence-corrected chi connectivity index (χ4v) is 2.96. The van der Waals surface area contributed by atoms with Crippen molar-refractivity contribution < 1.29 is 35.8 Å². The third kappa shape index (κ3) is 4.95. The maximum absolute atomic E-state index is 14.6. The second kappa shape index (κ2) is 8.53. The highest BCUT2D eigenvalue weighted by molar-refractivity contribution is 5.64. The van der Waals surface area contributed by atoms with E-state index in [-0.39, 0.29) is 6.61 Å². The molecule has 0 saturated carbocycles. The maximum Gasteiger partial charge on any atom is 0.426 e. The van der Waals surface area contributed by atoms with Gasteiger partial charge < -0.3 is 9.47 Å². The number of halogens is 6. The van der Waals surface area contributed by atoms with Gasteiger partial charge in [0.1, 0.15) is 11.3 Å². The molecule has 2 nitrogen and oxygen atoms in total. The molecule has 3 aromatic carbocycles. The van der Waals surface area contributed by atoms with Crippen molar-refractivity contribution in [1.29, 1.82) is 0 Å². The number of aryl methyl sites for hydroxylation is 1. The van der Waals surface area contributed by atoms with E-state index in [2.05, 4.69) is 4.74 Å². The Bertz CT molecular complexity index is 1040. The summed E-state index contributed by atoms with van der Waals surface area (Å²) in [6.45, 7) is 3.26. The zero-order valence-electron chi connectivity index (χ0n) is 16.6. The number of ether oxygens (including phenoxy) is 2. The van der Waals surface area contributed by atoms with E-state index in [1.807, 2.05) is 31.2 Å². The Hall–Kier alpha value is -3.16. The van der Waals surface area contributed by atoms with Gasteiger partial charge in [-0.25, -0.2) is 4.39 Å². The Morgan fingerprint density at radius 1 is 0.742 bits per heavy atom. The summed E-state index contributed by atoms with van der Waals surface area (Å²) in [4.78, 5) is 0. The molecule has 0 heterocycles. The summed E-state index contributed by atoms with van der Waals surface area (Å²) in [6, 6.07) is 13.7. The van der Waals surface area contributed by atoms with Crippen LogP contribution < -0.4 is 9.47 Å². The first-order valence-electron chi connectivity index (χ1n) is 9.30. The molecule has 0 aliphatic heterocycles. The zero-order chi connectivity index (χ0) is 22.8. The van der Waals surface area contributed by atoms with Gasteiger partial charge in [-0.1, -0.05) is 42.0 Å². The van der Waals surface area contributed by atoms with Crippen molar-refractivity contribution in [3.63, 3.8) is 0 Å². The number of rotatable bonds is 6. The van der Waals surface area contributed by atoms with Crippen LogP contribution in [0.3, 0.4) is 0 Å². The lowest BCUT2D eigenvalue weighted by Gasteiger charge is -2.22. The molecule has 3 aromatic rings. The molecule has 0 N–H and O–H groups in total. The Morgan fingerprint density at radius 2 is 1.26 bits per heavy atom. The van der Waals surface area contributed by atoms with E-state index in [9.17, 15) is 26.3 Å². The minimum absolute atomic E-state index is 0.0993. The summed E-state index contributed by atoms with van der Waals surface area (Å²) in [5.74, 6) is -3.84. The third-order valence-corrected chi connectivity index (χ3v) is 4.50. The summed E-state index contributed by atoms with van der Waals surface area (Å²) < 4.78 is 92.8. The first-order chi connectivity index (χ1) is 14.5. The molecule has 0 spiro atoms. The van der Waals surface area contributed by atoms with E-state index < -0.39 is 40.7 Å². The van der Waals surface area contributed by atoms with Crippen LogP contribution in [0, 0.1) is 12.7 Å². The summed E-state index contributed by atoms with van der Waals surface area (Å²) in [5.41, 5.74) is -0.166. The van der Waals surface area contributed by atoms with Crippen molar-refractivity contribution in [1.82, 2.24) is 0 Å². The van der Waals surface area contributed by atoms with Crippen LogP contribution in [0.15, 0.2) is 60.7 Å². The minimum Gasteiger partial charge on any atom is -0.491 e. The lowest BCUT2D eigenvalue weighted by molar-refractivity contribution is -0.192. The van der Waals surface area contributed by atoms with Crippen LogP contribution in [0.25, 0.3) is 11.1 Å². The van der Waals surface area contributed by atoms with Gasteiger partial charge in [0.15, 0.2) is 11.6 Å². The van der Waals surface area contributed by atoms with Crippen LogP contribution in [0.4, 0.5) is 26.3 Å². The van der Waals surface area contributed by atoms with Crippen molar-refractivity contribution in [3.8, 4) is 22.6 Å². The molecule has 0 unspecified atom stereocenters. The van der Waals surface area contributed by atoms with Crippen LogP contribution in [-0.2, 0) is 12.3 Å². The fraction of sp³-hybridized carbons (Fsp3) is 0.217. The predicted octanol–water partition coefficient (Wildman–Crippen LogP) is 7.35. The second-order valence-electron chi connectivity index (χ2n) is 6.74. The summed E-state index contributed by atoms with van der Waals surface area (Å²) in [7, 11) is 0. The third-order valence-electron chi connectivity index (χ3n) is 4.50. The molecule has 0 aliphatic rings. The molecule has 0 fully saturated rings. The first kappa shape index (κ1) is 22.5. The number of benzene rings is 3. The van der Waals surface area contributed by atoms with Gasteiger partial charge in [-0.3, -0.25) is 0 Å². The summed E-state index contributed by atoms with van der Waals surface area (Å²) >= 11 is 0. The van der Waals surface area contributed by atoms with Crippen molar-refractivity contribution in [2.24, 2.45) is 0 Å². The van der Waals surface area contributed by atoms with Crippen molar-refractivity contribution >= 4 is 0 Å². The molecule has 164 valence electrons. The zero-order valence-corrected chi connectivity index (χ0v) is 16.6. The molecule has 31 heavy (non-hydrogen) atoms. The standard InChI is InChI=1S/C23H18F6O2/c1-3-30-19-13-12-18(20(21(19)24)22(25,26)27)31-23(28,29)17-10-8-16(9-11-17)15-6-4-14(2)5-7-15/h4-13H,3H2,1-2H3. The molecule has 0 bridgehead atoms. The highest BCUT2D eigenvalue weighted by Gasteiger charge is 2.43. The smallest absolute Gasteiger partial charge is 0.426 e. The average Bonchev–Trinajstić information content (AvgIpc) is 2.70. The number of hydrogen-bond acceptors (Lipinski definition) is 2. The molecule has 0 radical (unpaired) electrons. The van der Waals surface area contributed by atoms with E-state index in [4.69, 9.17) is 4.74 Å². The molecule has 0 saturated heterocycles. The molecule has 3 rings (SSSR count). The van der Waals surface area contributed by atoms with Gasteiger partial charge in [0.2, 0.25) is 0 Å². The van der Waals surface area contributed by atoms with Crippen molar-refractivity contribution in [2.45, 2.75) is 26.1 Å². The Balaban J connectivity index is 1.93. The van der Waals surface area contributed by atoms with E-state index in [0.29, 0.717) is 11.6 Å². The largest absolute Gasteiger partial charge is 0.491 e. The van der Waals surface area contributed by atoms with Crippen molar-refractivity contribution in [3.05, 3.63) is 83.2 Å². The van der Waals surface area contributed by atoms with Crippen molar-refractivity contribution in [2.75, 3.05) is 6.61 Å². The number of alkyl halides is 5. The van der Waals surface area contributed by atoms with Gasteiger partial charge in [0.05, 0.1) is 12.2 Å². The topological polar surface area (TPSA) is 18.5 Å². The van der Waals surface area contributed by atoms with E-state index in [1.165, 1.54) is 19.1 Å². The second-order valence-corrected chi connectivity index (χ2v) is 6.74. The molecule has 8 heteroatoms. The highest BCUT2D eigenvalue weighted by atomic mass is 19.4. The predicted molar refractivity (Wildman–Crippen MR) is 104 cm³/mol. The van der Waals surface area contributed by atoms with Gasteiger partial charge in [-0.05, 0) is 49.2 Å². The molecule has 0 amide bonds. The molecular weight excluding hydrogens is 422 g/mol. The van der Waals surface area contributed by atoms with Crippen LogP contribution in [0.1, 0.15) is 23.6 Å². The monoisotopic (exact) mass is 440 g/mol. The first-order valence-corrected chi connectivity index (χ1v) is 9.30. The van der Waals surface area contributed by atoms with Gasteiger partial charge in [-0.2, -0.15) is 22.0 Å². The molecular formula is C23H18F6O2. The van der Waals surface area contributed by atoms with Crippen LogP contribution >= 0.6 is 0 Å². The Labute approximate surface area is 175 Å². The van der Waals surface area contributed by atoms with Crippen LogP contribution in [0.2, 0.25) is 0 Å². The lowest BCUT2D eigenvalue weighted by Crippen LogP contribution is -2.24. The van der Waals surface area contributed by atoms with E-state index >= 15 is 0 Å². The molecule has 0 atom stereocenters. The molecule has 0 aliphatic carbocycles. The van der Waals surface area contributed by atoms with E-state index in [1.54, 1.807) is 0 Å². The lowest BCUT2D eigenvalue weighted by atomic mass is 10.0. The summed E-state index contributed by atoms with van der Waals surface area (Å²) in [5, 5.41) is 0. The van der Waals surface area contributed by atoms with Crippen LogP contribution in [0.5, 0.6) is 11.5 Å². The minimum atomic E-state index is -5.27. The van der Waals surface area contributed by atoms with E-state index in [0.717, 1.165) is 29.3 Å². The highest BCUT2D eigenvalue weighted by Crippen LogP contribution is 2.44. The Kier molecular flexibility index (Phi) is 6.20. The SMILES string of the molecule is CCOc1ccc(OC(F)(F)c2ccc(-c3ccc(C)cc3)cc2)c(C(F)(F)F)c1F. The normalized spacial score (nSPS) is 12.0. The van der Waals surface area contributed by atoms with Gasteiger partial charge in [0.25, 0.3) is 0 Å². The van der Waals surface area contributed by atoms with Gasteiger partial charge >= 0.3 is 12.3 Å². The maximum atomic E-state index is 14.6. The summed E-state index contributed by atoms with van der Waals surface area (Å²) in [6.07, 6.45) is -9.40. The number of hydrogen-bond donors (Lipinski definition) is 0. The van der Waals surface area contributed by atoms with Gasteiger partial charge in [-0.15, -0.1) is 0 Å². The fourth-order valence-electron chi connectivity index (χ4n) is 2.96. The molecule has 0 aromatic heterocycles.